The van der Waals surface area contributed by atoms with Gasteiger partial charge >= 0.3 is 0 Å². The van der Waals surface area contributed by atoms with Gasteiger partial charge in [-0.15, -0.1) is 0 Å². The van der Waals surface area contributed by atoms with Gasteiger partial charge in [-0.05, 0) is 43.4 Å². The molecular weight excluding hydrogens is 396 g/mol. The van der Waals surface area contributed by atoms with Gasteiger partial charge in [0.1, 0.15) is 0 Å². The fourth-order valence-corrected chi connectivity index (χ4v) is 4.37. The van der Waals surface area contributed by atoms with Gasteiger partial charge in [-0.25, -0.2) is 0 Å². The second-order valence-electron chi connectivity index (χ2n) is 8.46. The van der Waals surface area contributed by atoms with Gasteiger partial charge in [0.2, 0.25) is 11.8 Å². The molecule has 0 bridgehead atoms. The molecule has 2 amide bonds. The summed E-state index contributed by atoms with van der Waals surface area (Å²) < 4.78 is 16.5. The monoisotopic (exact) mass is 432 g/mol. The molecule has 1 saturated carbocycles. The summed E-state index contributed by atoms with van der Waals surface area (Å²) in [5, 5.41) is 2.98. The normalized spacial score (nSPS) is 19.5. The Morgan fingerprint density at radius 1 is 1.13 bits per heavy atom. The minimum Gasteiger partial charge on any atom is -0.493 e. The maximum atomic E-state index is 12.5. The number of benzene rings is 1. The number of rotatable bonds is 11. The zero-order valence-electron chi connectivity index (χ0n) is 18.9. The molecule has 0 spiro atoms. The second kappa shape index (κ2) is 11.9. The fourth-order valence-electron chi connectivity index (χ4n) is 4.37. The van der Waals surface area contributed by atoms with Crippen molar-refractivity contribution in [3.05, 3.63) is 23.8 Å². The smallest absolute Gasteiger partial charge is 0.225 e. The van der Waals surface area contributed by atoms with Crippen molar-refractivity contribution >= 4 is 11.8 Å². The van der Waals surface area contributed by atoms with Crippen LogP contribution in [0.3, 0.4) is 0 Å². The SMILES string of the molecule is COc1ccc(CCN2CC(C(=O)NCCCOC3CCCCC3)CC2=O)cc1OC. The van der Waals surface area contributed by atoms with Crippen molar-refractivity contribution in [2.24, 2.45) is 5.92 Å². The summed E-state index contributed by atoms with van der Waals surface area (Å²) in [6.45, 7) is 2.36. The van der Waals surface area contributed by atoms with Crippen molar-refractivity contribution in [2.45, 2.75) is 57.5 Å². The van der Waals surface area contributed by atoms with E-state index in [2.05, 4.69) is 5.32 Å². The van der Waals surface area contributed by atoms with Crippen LogP contribution in [0.25, 0.3) is 0 Å². The summed E-state index contributed by atoms with van der Waals surface area (Å²) in [6.07, 6.45) is 8.38. The van der Waals surface area contributed by atoms with E-state index in [0.717, 1.165) is 24.8 Å². The predicted molar refractivity (Wildman–Crippen MR) is 118 cm³/mol. The minimum absolute atomic E-state index is 0.0281. The van der Waals surface area contributed by atoms with E-state index < -0.39 is 0 Å². The first-order chi connectivity index (χ1) is 15.1. The highest BCUT2D eigenvalue weighted by molar-refractivity contribution is 5.89. The summed E-state index contributed by atoms with van der Waals surface area (Å²) in [7, 11) is 3.21. The summed E-state index contributed by atoms with van der Waals surface area (Å²) in [6, 6.07) is 5.77. The predicted octanol–water partition coefficient (Wildman–Crippen LogP) is 2.95. The van der Waals surface area contributed by atoms with Gasteiger partial charge in [-0.1, -0.05) is 25.3 Å². The molecule has 1 atom stereocenters. The number of ether oxygens (including phenoxy) is 3. The van der Waals surface area contributed by atoms with Crippen molar-refractivity contribution in [1.82, 2.24) is 10.2 Å². The van der Waals surface area contributed by atoms with Gasteiger partial charge in [0, 0.05) is 32.7 Å². The van der Waals surface area contributed by atoms with Gasteiger partial charge in [0.05, 0.1) is 26.2 Å². The van der Waals surface area contributed by atoms with Crippen molar-refractivity contribution in [3.8, 4) is 11.5 Å². The molecule has 2 fully saturated rings. The van der Waals surface area contributed by atoms with Crippen LogP contribution in [-0.2, 0) is 20.7 Å². The number of carbonyl (C=O) groups is 2. The third-order valence-electron chi connectivity index (χ3n) is 6.23. The molecule has 1 N–H and O–H groups in total. The van der Waals surface area contributed by atoms with Crippen LogP contribution in [0, 0.1) is 5.92 Å². The Kier molecular flexibility index (Phi) is 9.00. The molecule has 0 aromatic heterocycles. The molecule has 172 valence electrons. The lowest BCUT2D eigenvalue weighted by Gasteiger charge is -2.22. The molecule has 1 saturated heterocycles. The van der Waals surface area contributed by atoms with Crippen molar-refractivity contribution in [2.75, 3.05) is 40.5 Å². The molecule has 3 rings (SSSR count). The van der Waals surface area contributed by atoms with Crippen molar-refractivity contribution in [1.29, 1.82) is 0 Å². The van der Waals surface area contributed by atoms with Crippen LogP contribution in [0.5, 0.6) is 11.5 Å². The maximum absolute atomic E-state index is 12.5. The fraction of sp³-hybridized carbons (Fsp3) is 0.667. The minimum atomic E-state index is -0.267. The van der Waals surface area contributed by atoms with Crippen LogP contribution in [0.4, 0.5) is 0 Å². The zero-order valence-corrected chi connectivity index (χ0v) is 18.9. The molecule has 1 heterocycles. The topological polar surface area (TPSA) is 77.1 Å². The van der Waals surface area contributed by atoms with E-state index in [1.807, 2.05) is 18.2 Å². The summed E-state index contributed by atoms with van der Waals surface area (Å²) in [4.78, 5) is 26.6. The number of methoxy groups -OCH3 is 2. The third kappa shape index (κ3) is 6.86. The highest BCUT2D eigenvalue weighted by Gasteiger charge is 2.33. The lowest BCUT2D eigenvalue weighted by atomic mass is 9.98. The van der Waals surface area contributed by atoms with E-state index in [-0.39, 0.29) is 24.2 Å². The van der Waals surface area contributed by atoms with E-state index in [9.17, 15) is 9.59 Å². The van der Waals surface area contributed by atoms with E-state index >= 15 is 0 Å². The number of nitrogens with one attached hydrogen (secondary N) is 1. The second-order valence-corrected chi connectivity index (χ2v) is 8.46. The Morgan fingerprint density at radius 2 is 1.90 bits per heavy atom. The number of hydrogen-bond donors (Lipinski definition) is 1. The standard InChI is InChI=1S/C24H36N2O5/c1-29-21-10-9-18(15-22(21)30-2)11-13-26-17-19(16-23(26)27)24(28)25-12-6-14-31-20-7-4-3-5-8-20/h9-10,15,19-20H,3-8,11-14,16-17H2,1-2H3,(H,25,28). The maximum Gasteiger partial charge on any atom is 0.225 e. The lowest BCUT2D eigenvalue weighted by molar-refractivity contribution is -0.129. The van der Waals surface area contributed by atoms with Crippen LogP contribution < -0.4 is 14.8 Å². The van der Waals surface area contributed by atoms with Crippen molar-refractivity contribution in [3.63, 3.8) is 0 Å². The zero-order chi connectivity index (χ0) is 22.1. The van der Waals surface area contributed by atoms with Gasteiger partial charge in [0.25, 0.3) is 0 Å². The van der Waals surface area contributed by atoms with Crippen LogP contribution >= 0.6 is 0 Å². The average Bonchev–Trinajstić information content (AvgIpc) is 3.18. The molecule has 1 aliphatic carbocycles. The molecule has 1 unspecified atom stereocenters. The van der Waals surface area contributed by atoms with E-state index in [4.69, 9.17) is 14.2 Å². The number of nitrogens with zero attached hydrogens (tertiary/aromatic N) is 1. The first-order valence-corrected chi connectivity index (χ1v) is 11.5. The van der Waals surface area contributed by atoms with Gasteiger partial charge in [-0.2, -0.15) is 0 Å². The van der Waals surface area contributed by atoms with Gasteiger partial charge in [-0.3, -0.25) is 9.59 Å². The Bertz CT molecular complexity index is 733. The molecular formula is C24H36N2O5. The number of likely N-dealkylation sites (tertiary alicyclic amines) is 1. The molecule has 1 aliphatic heterocycles. The number of amides is 2. The van der Waals surface area contributed by atoms with Gasteiger partial charge in [0.15, 0.2) is 11.5 Å². The quantitative estimate of drug-likeness (QED) is 0.544. The Morgan fingerprint density at radius 3 is 2.65 bits per heavy atom. The number of carbonyl (C=O) groups excluding carboxylic acids is 2. The van der Waals surface area contributed by atoms with Crippen LogP contribution in [0.1, 0.15) is 50.5 Å². The molecule has 1 aromatic rings. The molecule has 7 heteroatoms. The number of hydrogen-bond acceptors (Lipinski definition) is 5. The van der Waals surface area contributed by atoms with Crippen LogP contribution in [-0.4, -0.2) is 63.3 Å². The Balaban J connectivity index is 1.35. The molecule has 7 nitrogen and oxygen atoms in total. The largest absolute Gasteiger partial charge is 0.493 e. The highest BCUT2D eigenvalue weighted by Crippen LogP contribution is 2.28. The van der Waals surface area contributed by atoms with Crippen molar-refractivity contribution < 1.29 is 23.8 Å². The molecule has 31 heavy (non-hydrogen) atoms. The molecule has 1 aromatic carbocycles. The summed E-state index contributed by atoms with van der Waals surface area (Å²) in [5.74, 6) is 1.11. The lowest BCUT2D eigenvalue weighted by Crippen LogP contribution is -2.34. The summed E-state index contributed by atoms with van der Waals surface area (Å²) >= 11 is 0. The van der Waals surface area contributed by atoms with Crippen LogP contribution in [0.2, 0.25) is 0 Å². The van der Waals surface area contributed by atoms with Gasteiger partial charge < -0.3 is 24.4 Å². The summed E-state index contributed by atoms with van der Waals surface area (Å²) in [5.41, 5.74) is 1.07. The first-order valence-electron chi connectivity index (χ1n) is 11.5. The van der Waals surface area contributed by atoms with Crippen LogP contribution in [0.15, 0.2) is 18.2 Å². The Labute approximate surface area is 185 Å². The van der Waals surface area contributed by atoms with E-state index in [0.29, 0.717) is 50.3 Å². The Hall–Kier alpha value is -2.28. The molecule has 0 radical (unpaired) electrons. The molecule has 2 aliphatic rings. The van der Waals surface area contributed by atoms with E-state index in [1.165, 1.54) is 19.3 Å². The first kappa shape index (κ1) is 23.4. The average molecular weight is 433 g/mol. The van der Waals surface area contributed by atoms with E-state index in [1.54, 1.807) is 19.1 Å². The third-order valence-corrected chi connectivity index (χ3v) is 6.23. The highest BCUT2D eigenvalue weighted by atomic mass is 16.5.